The van der Waals surface area contributed by atoms with Crippen molar-refractivity contribution in [2.24, 2.45) is 11.8 Å². The molecule has 4 nitrogen and oxygen atoms in total. The summed E-state index contributed by atoms with van der Waals surface area (Å²) in [6, 6.07) is 1.98. The maximum absolute atomic E-state index is 11.3. The third-order valence-electron chi connectivity index (χ3n) is 3.66. The molecule has 3 unspecified atom stereocenters. The number of nitrogens with zero attached hydrogens (tertiary/aromatic N) is 1. The number of anilines is 1. The molecule has 88 valence electrons. The fourth-order valence-electron chi connectivity index (χ4n) is 2.41. The van der Waals surface area contributed by atoms with Crippen molar-refractivity contribution in [2.45, 2.75) is 39.7 Å². The Balaban J connectivity index is 2.12. The lowest BCUT2D eigenvalue weighted by Gasteiger charge is -2.20. The first-order valence-corrected chi connectivity index (χ1v) is 5.91. The van der Waals surface area contributed by atoms with Gasteiger partial charge >= 0.3 is 0 Å². The van der Waals surface area contributed by atoms with Crippen molar-refractivity contribution in [2.75, 3.05) is 5.32 Å². The average Bonchev–Trinajstić information content (AvgIpc) is 2.48. The van der Waals surface area contributed by atoms with Gasteiger partial charge in [-0.25, -0.2) is 4.98 Å². The SMILES string of the molecule is Cc1nc(NC2CCC(C)C2C)cc(=O)[nH]1. The average molecular weight is 221 g/mol. The summed E-state index contributed by atoms with van der Waals surface area (Å²) in [6.45, 7) is 6.34. The summed E-state index contributed by atoms with van der Waals surface area (Å²) < 4.78 is 0. The van der Waals surface area contributed by atoms with Crippen LogP contribution in [-0.2, 0) is 0 Å². The highest BCUT2D eigenvalue weighted by Gasteiger charge is 2.29. The molecule has 4 heteroatoms. The molecule has 2 N–H and O–H groups in total. The summed E-state index contributed by atoms with van der Waals surface area (Å²) in [4.78, 5) is 18.2. The van der Waals surface area contributed by atoms with Gasteiger partial charge in [0.25, 0.3) is 5.56 Å². The number of hydrogen-bond acceptors (Lipinski definition) is 3. The summed E-state index contributed by atoms with van der Waals surface area (Å²) in [6.07, 6.45) is 2.41. The Morgan fingerprint density at radius 1 is 1.44 bits per heavy atom. The summed E-state index contributed by atoms with van der Waals surface area (Å²) >= 11 is 0. The number of H-pyrrole nitrogens is 1. The van der Waals surface area contributed by atoms with Crippen molar-refractivity contribution in [1.82, 2.24) is 9.97 Å². The molecule has 2 rings (SSSR count). The molecular weight excluding hydrogens is 202 g/mol. The van der Waals surface area contributed by atoms with Crippen LogP contribution in [0.1, 0.15) is 32.5 Å². The normalized spacial score (nSPS) is 29.3. The molecule has 1 heterocycles. The van der Waals surface area contributed by atoms with Crippen molar-refractivity contribution < 1.29 is 0 Å². The number of aromatic amines is 1. The highest BCUT2D eigenvalue weighted by atomic mass is 16.1. The van der Waals surface area contributed by atoms with Gasteiger partial charge in [0.15, 0.2) is 0 Å². The summed E-state index contributed by atoms with van der Waals surface area (Å²) in [7, 11) is 0. The Morgan fingerprint density at radius 3 is 2.75 bits per heavy atom. The van der Waals surface area contributed by atoms with E-state index in [2.05, 4.69) is 29.1 Å². The van der Waals surface area contributed by atoms with E-state index in [0.29, 0.717) is 23.6 Å². The van der Waals surface area contributed by atoms with E-state index >= 15 is 0 Å². The van der Waals surface area contributed by atoms with Gasteiger partial charge in [0.05, 0.1) is 0 Å². The molecule has 1 fully saturated rings. The number of nitrogens with one attached hydrogen (secondary N) is 2. The lowest BCUT2D eigenvalue weighted by Crippen LogP contribution is -2.25. The molecule has 0 saturated heterocycles. The van der Waals surface area contributed by atoms with E-state index in [0.717, 1.165) is 12.3 Å². The van der Waals surface area contributed by atoms with Crippen molar-refractivity contribution in [1.29, 1.82) is 0 Å². The first-order chi connectivity index (χ1) is 7.56. The monoisotopic (exact) mass is 221 g/mol. The zero-order chi connectivity index (χ0) is 11.7. The fraction of sp³-hybridized carbons (Fsp3) is 0.667. The van der Waals surface area contributed by atoms with E-state index in [4.69, 9.17) is 0 Å². The van der Waals surface area contributed by atoms with E-state index < -0.39 is 0 Å². The summed E-state index contributed by atoms with van der Waals surface area (Å²) in [5.74, 6) is 2.75. The topological polar surface area (TPSA) is 57.8 Å². The van der Waals surface area contributed by atoms with Crippen LogP contribution < -0.4 is 10.9 Å². The van der Waals surface area contributed by atoms with Crippen LogP contribution in [0.2, 0.25) is 0 Å². The minimum Gasteiger partial charge on any atom is -0.367 e. The Labute approximate surface area is 95.5 Å². The van der Waals surface area contributed by atoms with Crippen LogP contribution in [0.5, 0.6) is 0 Å². The molecular formula is C12H19N3O. The molecule has 0 amide bonds. The van der Waals surface area contributed by atoms with Gasteiger partial charge in [-0.2, -0.15) is 0 Å². The van der Waals surface area contributed by atoms with Crippen molar-refractivity contribution in [3.63, 3.8) is 0 Å². The molecule has 0 aromatic carbocycles. The maximum atomic E-state index is 11.3. The largest absolute Gasteiger partial charge is 0.367 e. The predicted molar refractivity (Wildman–Crippen MR) is 64.6 cm³/mol. The highest BCUT2D eigenvalue weighted by Crippen LogP contribution is 2.32. The number of aromatic nitrogens is 2. The first-order valence-electron chi connectivity index (χ1n) is 5.91. The van der Waals surface area contributed by atoms with Gasteiger partial charge in [0.1, 0.15) is 11.6 Å². The van der Waals surface area contributed by atoms with Crippen LogP contribution in [0.25, 0.3) is 0 Å². The fourth-order valence-corrected chi connectivity index (χ4v) is 2.41. The first kappa shape index (κ1) is 11.2. The molecule has 0 bridgehead atoms. The van der Waals surface area contributed by atoms with Gasteiger partial charge in [0.2, 0.25) is 0 Å². The quantitative estimate of drug-likeness (QED) is 0.802. The van der Waals surface area contributed by atoms with Gasteiger partial charge in [-0.1, -0.05) is 13.8 Å². The standard InChI is InChI=1S/C12H19N3O/c1-7-4-5-10(8(7)2)15-11-6-12(16)14-9(3)13-11/h6-8,10H,4-5H2,1-3H3,(H2,13,14,15,16). The molecule has 1 saturated carbocycles. The van der Waals surface area contributed by atoms with Crippen molar-refractivity contribution in [3.8, 4) is 0 Å². The van der Waals surface area contributed by atoms with Gasteiger partial charge in [-0.15, -0.1) is 0 Å². The lowest BCUT2D eigenvalue weighted by molar-refractivity contribution is 0.435. The lowest BCUT2D eigenvalue weighted by atomic mass is 9.98. The van der Waals surface area contributed by atoms with Crippen LogP contribution in [0.3, 0.4) is 0 Å². The van der Waals surface area contributed by atoms with E-state index in [-0.39, 0.29) is 5.56 Å². The third-order valence-corrected chi connectivity index (χ3v) is 3.66. The Kier molecular flexibility index (Phi) is 2.99. The molecule has 0 spiro atoms. The molecule has 16 heavy (non-hydrogen) atoms. The van der Waals surface area contributed by atoms with Crippen LogP contribution in [0.15, 0.2) is 10.9 Å². The van der Waals surface area contributed by atoms with E-state index in [1.54, 1.807) is 6.92 Å². The smallest absolute Gasteiger partial charge is 0.252 e. The Morgan fingerprint density at radius 2 is 2.19 bits per heavy atom. The second kappa shape index (κ2) is 4.28. The molecule has 1 aliphatic rings. The van der Waals surface area contributed by atoms with Gasteiger partial charge in [-0.05, 0) is 31.6 Å². The number of aryl methyl sites for hydroxylation is 1. The minimum absolute atomic E-state index is 0.0892. The van der Waals surface area contributed by atoms with Crippen LogP contribution in [0.4, 0.5) is 5.82 Å². The molecule has 1 aromatic heterocycles. The van der Waals surface area contributed by atoms with Crippen LogP contribution in [-0.4, -0.2) is 16.0 Å². The van der Waals surface area contributed by atoms with Crippen LogP contribution in [0, 0.1) is 18.8 Å². The van der Waals surface area contributed by atoms with E-state index in [9.17, 15) is 4.79 Å². The maximum Gasteiger partial charge on any atom is 0.252 e. The zero-order valence-corrected chi connectivity index (χ0v) is 10.1. The second-order valence-electron chi connectivity index (χ2n) is 4.88. The zero-order valence-electron chi connectivity index (χ0n) is 10.1. The van der Waals surface area contributed by atoms with Crippen molar-refractivity contribution in [3.05, 3.63) is 22.2 Å². The van der Waals surface area contributed by atoms with Gasteiger partial charge in [0, 0.05) is 12.1 Å². The predicted octanol–water partition coefficient (Wildman–Crippen LogP) is 1.92. The van der Waals surface area contributed by atoms with Gasteiger partial charge < -0.3 is 10.3 Å². The molecule has 1 aromatic rings. The number of hydrogen-bond donors (Lipinski definition) is 2. The highest BCUT2D eigenvalue weighted by molar-refractivity contribution is 5.34. The molecule has 1 aliphatic carbocycles. The summed E-state index contributed by atoms with van der Waals surface area (Å²) in [5.41, 5.74) is -0.0892. The second-order valence-corrected chi connectivity index (χ2v) is 4.88. The Bertz CT molecular complexity index is 427. The minimum atomic E-state index is -0.0892. The Hall–Kier alpha value is -1.32. The molecule has 0 radical (unpaired) electrons. The summed E-state index contributed by atoms with van der Waals surface area (Å²) in [5, 5.41) is 3.37. The molecule has 3 atom stereocenters. The van der Waals surface area contributed by atoms with E-state index in [1.165, 1.54) is 12.5 Å². The molecule has 0 aliphatic heterocycles. The van der Waals surface area contributed by atoms with Crippen LogP contribution >= 0.6 is 0 Å². The number of rotatable bonds is 2. The third kappa shape index (κ3) is 2.26. The van der Waals surface area contributed by atoms with Gasteiger partial charge in [-0.3, -0.25) is 4.79 Å². The van der Waals surface area contributed by atoms with Crippen molar-refractivity contribution >= 4 is 5.82 Å². The van der Waals surface area contributed by atoms with E-state index in [1.807, 2.05) is 0 Å².